The Bertz CT molecular complexity index is 891. The molecule has 0 bridgehead atoms. The fraction of sp³-hybridized carbons (Fsp3) is 0.143. The zero-order chi connectivity index (χ0) is 15.0. The number of aromatic nitrogens is 3. The molecule has 0 aliphatic carbocycles. The molecule has 6 nitrogen and oxygen atoms in total. The number of hydrogen-bond acceptors (Lipinski definition) is 4. The van der Waals surface area contributed by atoms with Crippen LogP contribution in [0.25, 0.3) is 10.9 Å². The number of nitrogens with zero attached hydrogens (tertiary/aromatic N) is 2. The quantitative estimate of drug-likeness (QED) is 0.777. The van der Waals surface area contributed by atoms with Gasteiger partial charge in [-0.15, -0.1) is 0 Å². The maximum absolute atomic E-state index is 12.6. The fourth-order valence-corrected chi connectivity index (χ4v) is 3.60. The Morgan fingerprint density at radius 2 is 1.95 bits per heavy atom. The highest BCUT2D eigenvalue weighted by Crippen LogP contribution is 2.25. The summed E-state index contributed by atoms with van der Waals surface area (Å²) in [7, 11) is -3.70. The summed E-state index contributed by atoms with van der Waals surface area (Å²) in [4.78, 5) is 4.38. The molecular formula is C14H14N4O2S. The smallest absolute Gasteiger partial charge is 0.262 e. The van der Waals surface area contributed by atoms with E-state index in [1.165, 1.54) is 0 Å². The van der Waals surface area contributed by atoms with Crippen LogP contribution in [0.5, 0.6) is 0 Å². The summed E-state index contributed by atoms with van der Waals surface area (Å²) in [6.07, 6.45) is 1.64. The third-order valence-electron chi connectivity index (χ3n) is 3.26. The summed E-state index contributed by atoms with van der Waals surface area (Å²) >= 11 is 0. The van der Waals surface area contributed by atoms with Crippen molar-refractivity contribution in [3.63, 3.8) is 0 Å². The first-order valence-electron chi connectivity index (χ1n) is 6.37. The average Bonchev–Trinajstić information content (AvgIpc) is 2.78. The summed E-state index contributed by atoms with van der Waals surface area (Å²) in [5.41, 5.74) is 2.40. The molecule has 7 heteroatoms. The molecule has 0 atom stereocenters. The summed E-state index contributed by atoms with van der Waals surface area (Å²) in [5, 5.41) is 7.34. The van der Waals surface area contributed by atoms with Gasteiger partial charge in [-0.3, -0.25) is 14.8 Å². The minimum atomic E-state index is -3.70. The molecule has 0 amide bonds. The largest absolute Gasteiger partial charge is 0.280 e. The van der Waals surface area contributed by atoms with Gasteiger partial charge in [-0.25, -0.2) is 8.42 Å². The van der Waals surface area contributed by atoms with Gasteiger partial charge >= 0.3 is 0 Å². The van der Waals surface area contributed by atoms with Gasteiger partial charge < -0.3 is 0 Å². The second-order valence-electron chi connectivity index (χ2n) is 4.74. The summed E-state index contributed by atoms with van der Waals surface area (Å²) in [6, 6.07) is 8.49. The average molecular weight is 302 g/mol. The second-order valence-corrected chi connectivity index (χ2v) is 6.39. The molecule has 2 aromatic heterocycles. The molecule has 108 valence electrons. The second kappa shape index (κ2) is 4.85. The molecule has 0 aliphatic rings. The van der Waals surface area contributed by atoms with E-state index in [-0.39, 0.29) is 4.90 Å². The van der Waals surface area contributed by atoms with Crippen LogP contribution in [0, 0.1) is 13.8 Å². The highest BCUT2D eigenvalue weighted by molar-refractivity contribution is 7.93. The number of benzene rings is 1. The molecular weight excluding hydrogens is 288 g/mol. The van der Waals surface area contributed by atoms with Gasteiger partial charge in [0, 0.05) is 11.6 Å². The number of H-pyrrole nitrogens is 1. The number of hydrogen-bond donors (Lipinski definition) is 2. The van der Waals surface area contributed by atoms with Gasteiger partial charge in [0.05, 0.1) is 27.5 Å². The highest BCUT2D eigenvalue weighted by atomic mass is 32.2. The van der Waals surface area contributed by atoms with Gasteiger partial charge in [0.2, 0.25) is 0 Å². The van der Waals surface area contributed by atoms with E-state index < -0.39 is 10.0 Å². The highest BCUT2D eigenvalue weighted by Gasteiger charge is 2.20. The molecule has 0 fully saturated rings. The Morgan fingerprint density at radius 1 is 1.14 bits per heavy atom. The maximum atomic E-state index is 12.6. The Morgan fingerprint density at radius 3 is 2.67 bits per heavy atom. The van der Waals surface area contributed by atoms with Gasteiger partial charge in [-0.1, -0.05) is 6.07 Å². The first-order chi connectivity index (χ1) is 9.99. The summed E-state index contributed by atoms with van der Waals surface area (Å²) in [6.45, 7) is 3.51. The van der Waals surface area contributed by atoms with E-state index in [1.54, 1.807) is 50.4 Å². The number of sulfonamides is 1. The van der Waals surface area contributed by atoms with Crippen molar-refractivity contribution in [2.45, 2.75) is 18.7 Å². The van der Waals surface area contributed by atoms with Crippen LogP contribution in [0.3, 0.4) is 0 Å². The van der Waals surface area contributed by atoms with Crippen molar-refractivity contribution in [1.82, 2.24) is 15.2 Å². The Hall–Kier alpha value is -2.41. The fourth-order valence-electron chi connectivity index (χ4n) is 2.20. The molecule has 3 rings (SSSR count). The number of anilines is 1. The topological polar surface area (TPSA) is 87.7 Å². The van der Waals surface area contributed by atoms with E-state index in [2.05, 4.69) is 19.9 Å². The van der Waals surface area contributed by atoms with Gasteiger partial charge in [-0.2, -0.15) is 5.10 Å². The zero-order valence-corrected chi connectivity index (χ0v) is 12.4. The molecule has 0 saturated carbocycles. The Kier molecular flexibility index (Phi) is 3.13. The number of rotatable bonds is 3. The van der Waals surface area contributed by atoms with Crippen LogP contribution in [0.15, 0.2) is 41.4 Å². The maximum Gasteiger partial charge on any atom is 0.262 e. The minimum absolute atomic E-state index is 0.202. The van der Waals surface area contributed by atoms with Crippen LogP contribution in [-0.2, 0) is 10.0 Å². The molecule has 3 aromatic rings. The lowest BCUT2D eigenvalue weighted by Crippen LogP contribution is -2.14. The molecule has 0 spiro atoms. The van der Waals surface area contributed by atoms with Crippen LogP contribution >= 0.6 is 0 Å². The van der Waals surface area contributed by atoms with E-state index in [4.69, 9.17) is 0 Å². The van der Waals surface area contributed by atoms with Crippen LogP contribution in [-0.4, -0.2) is 23.6 Å². The lowest BCUT2D eigenvalue weighted by Gasteiger charge is -2.10. The standard InChI is InChI=1S/C14H14N4O2S/c1-9-14(10(2)17-16-9)18-21(19,20)13-7-3-6-12-11(13)5-4-8-15-12/h3-8,18H,1-2H3,(H,16,17). The molecule has 21 heavy (non-hydrogen) atoms. The van der Waals surface area contributed by atoms with Crippen molar-refractivity contribution < 1.29 is 8.42 Å². The van der Waals surface area contributed by atoms with E-state index in [0.29, 0.717) is 28.0 Å². The Labute approximate surface area is 122 Å². The van der Waals surface area contributed by atoms with Crippen LogP contribution in [0.4, 0.5) is 5.69 Å². The number of pyridine rings is 1. The van der Waals surface area contributed by atoms with E-state index >= 15 is 0 Å². The molecule has 0 radical (unpaired) electrons. The number of fused-ring (bicyclic) bond motifs is 1. The minimum Gasteiger partial charge on any atom is -0.280 e. The molecule has 0 unspecified atom stereocenters. The molecule has 1 aromatic carbocycles. The lowest BCUT2D eigenvalue weighted by molar-refractivity contribution is 0.602. The SMILES string of the molecule is Cc1n[nH]c(C)c1NS(=O)(=O)c1cccc2ncccc12. The Balaban J connectivity index is 2.13. The first-order valence-corrected chi connectivity index (χ1v) is 7.85. The van der Waals surface area contributed by atoms with Gasteiger partial charge in [-0.05, 0) is 38.1 Å². The molecule has 0 saturated heterocycles. The van der Waals surface area contributed by atoms with Gasteiger partial charge in [0.25, 0.3) is 10.0 Å². The molecule has 0 aliphatic heterocycles. The van der Waals surface area contributed by atoms with Crippen LogP contribution in [0.1, 0.15) is 11.4 Å². The number of aryl methyl sites for hydroxylation is 2. The van der Waals surface area contributed by atoms with Crippen molar-refractivity contribution in [2.75, 3.05) is 4.72 Å². The predicted octanol–water partition coefficient (Wildman–Crippen LogP) is 2.38. The van der Waals surface area contributed by atoms with Crippen molar-refractivity contribution in [1.29, 1.82) is 0 Å². The summed E-state index contributed by atoms with van der Waals surface area (Å²) < 4.78 is 27.9. The first kappa shape index (κ1) is 13.6. The number of nitrogens with one attached hydrogen (secondary N) is 2. The zero-order valence-electron chi connectivity index (χ0n) is 11.6. The number of aromatic amines is 1. The van der Waals surface area contributed by atoms with Crippen LogP contribution in [0.2, 0.25) is 0 Å². The van der Waals surface area contributed by atoms with Crippen LogP contribution < -0.4 is 4.72 Å². The van der Waals surface area contributed by atoms with E-state index in [0.717, 1.165) is 0 Å². The monoisotopic (exact) mass is 302 g/mol. The normalized spacial score (nSPS) is 11.7. The van der Waals surface area contributed by atoms with Crippen molar-refractivity contribution in [3.8, 4) is 0 Å². The molecule has 2 heterocycles. The third kappa shape index (κ3) is 2.36. The third-order valence-corrected chi connectivity index (χ3v) is 4.67. The van der Waals surface area contributed by atoms with Gasteiger partial charge in [0.15, 0.2) is 0 Å². The van der Waals surface area contributed by atoms with Gasteiger partial charge in [0.1, 0.15) is 0 Å². The summed E-state index contributed by atoms with van der Waals surface area (Å²) in [5.74, 6) is 0. The van der Waals surface area contributed by atoms with E-state index in [1.807, 2.05) is 0 Å². The van der Waals surface area contributed by atoms with Crippen molar-refractivity contribution in [2.24, 2.45) is 0 Å². The molecule has 2 N–H and O–H groups in total. The predicted molar refractivity (Wildman–Crippen MR) is 80.6 cm³/mol. The van der Waals surface area contributed by atoms with Crippen molar-refractivity contribution in [3.05, 3.63) is 47.9 Å². The van der Waals surface area contributed by atoms with Crippen molar-refractivity contribution >= 4 is 26.6 Å². The van der Waals surface area contributed by atoms with E-state index in [9.17, 15) is 8.42 Å². The lowest BCUT2D eigenvalue weighted by atomic mass is 10.2.